The van der Waals surface area contributed by atoms with Gasteiger partial charge >= 0.3 is 0 Å². The zero-order valence-electron chi connectivity index (χ0n) is 6.44. The van der Waals surface area contributed by atoms with Crippen LogP contribution in [0.15, 0.2) is 24.5 Å². The molecule has 3 N–H and O–H groups in total. The van der Waals surface area contributed by atoms with Crippen molar-refractivity contribution in [2.45, 2.75) is 19.1 Å². The molecule has 1 aromatic heterocycles. The Bertz CT molecular complexity index is 211. The summed E-state index contributed by atoms with van der Waals surface area (Å²) in [7, 11) is 0. The molecule has 3 nitrogen and oxygen atoms in total. The summed E-state index contributed by atoms with van der Waals surface area (Å²) >= 11 is 0. The fourth-order valence-corrected chi connectivity index (χ4v) is 0.854. The van der Waals surface area contributed by atoms with Gasteiger partial charge in [-0.25, -0.2) is 0 Å². The lowest BCUT2D eigenvalue weighted by Crippen LogP contribution is -2.24. The standard InChI is InChI=1S/C8H12N2O/c1-6(9)8(11)7-3-2-4-10-5-7/h2-6,8,11H,9H2,1H3/t6-,8-/m0/s1. The molecule has 3 heteroatoms. The topological polar surface area (TPSA) is 59.1 Å². The van der Waals surface area contributed by atoms with E-state index in [0.29, 0.717) is 0 Å². The van der Waals surface area contributed by atoms with Gasteiger partial charge in [-0.2, -0.15) is 0 Å². The lowest BCUT2D eigenvalue weighted by atomic mass is 10.1. The quantitative estimate of drug-likeness (QED) is 0.647. The van der Waals surface area contributed by atoms with E-state index in [2.05, 4.69) is 4.98 Å². The van der Waals surface area contributed by atoms with E-state index in [4.69, 9.17) is 5.73 Å². The molecule has 2 atom stereocenters. The predicted molar refractivity (Wildman–Crippen MR) is 42.8 cm³/mol. The van der Waals surface area contributed by atoms with Gasteiger partial charge in [0.05, 0.1) is 6.10 Å². The molecular weight excluding hydrogens is 140 g/mol. The zero-order valence-corrected chi connectivity index (χ0v) is 6.44. The summed E-state index contributed by atoms with van der Waals surface area (Å²) in [4.78, 5) is 3.87. The molecule has 0 aromatic carbocycles. The Labute approximate surface area is 65.9 Å². The Kier molecular flexibility index (Phi) is 2.57. The van der Waals surface area contributed by atoms with Gasteiger partial charge < -0.3 is 10.8 Å². The van der Waals surface area contributed by atoms with Crippen LogP contribution in [-0.2, 0) is 0 Å². The zero-order chi connectivity index (χ0) is 8.27. The molecule has 60 valence electrons. The van der Waals surface area contributed by atoms with E-state index < -0.39 is 6.10 Å². The van der Waals surface area contributed by atoms with Crippen molar-refractivity contribution in [1.82, 2.24) is 4.98 Å². The number of pyridine rings is 1. The number of aliphatic hydroxyl groups excluding tert-OH is 1. The van der Waals surface area contributed by atoms with Crippen LogP contribution in [0.1, 0.15) is 18.6 Å². The molecule has 0 fully saturated rings. The fourth-order valence-electron chi connectivity index (χ4n) is 0.854. The number of rotatable bonds is 2. The second kappa shape index (κ2) is 3.46. The van der Waals surface area contributed by atoms with Crippen LogP contribution in [0.2, 0.25) is 0 Å². The van der Waals surface area contributed by atoms with Crippen molar-refractivity contribution in [2.24, 2.45) is 5.73 Å². The van der Waals surface area contributed by atoms with Crippen molar-refractivity contribution >= 4 is 0 Å². The Hall–Kier alpha value is -0.930. The smallest absolute Gasteiger partial charge is 0.0952 e. The van der Waals surface area contributed by atoms with Crippen LogP contribution < -0.4 is 5.73 Å². The second-order valence-corrected chi connectivity index (χ2v) is 2.59. The Morgan fingerprint density at radius 3 is 2.82 bits per heavy atom. The lowest BCUT2D eigenvalue weighted by Gasteiger charge is -2.13. The highest BCUT2D eigenvalue weighted by Crippen LogP contribution is 2.12. The average Bonchev–Trinajstić information content (AvgIpc) is 2.05. The molecule has 0 saturated heterocycles. The van der Waals surface area contributed by atoms with Gasteiger partial charge in [-0.1, -0.05) is 6.07 Å². The third-order valence-corrected chi connectivity index (χ3v) is 1.52. The molecule has 0 aliphatic heterocycles. The van der Waals surface area contributed by atoms with Gasteiger partial charge in [-0.3, -0.25) is 4.98 Å². The number of aromatic nitrogens is 1. The third-order valence-electron chi connectivity index (χ3n) is 1.52. The number of hydrogen-bond acceptors (Lipinski definition) is 3. The van der Waals surface area contributed by atoms with Crippen LogP contribution in [0.25, 0.3) is 0 Å². The van der Waals surface area contributed by atoms with Crippen LogP contribution in [0.3, 0.4) is 0 Å². The minimum Gasteiger partial charge on any atom is -0.387 e. The van der Waals surface area contributed by atoms with Crippen molar-refractivity contribution < 1.29 is 5.11 Å². The summed E-state index contributed by atoms with van der Waals surface area (Å²) in [5, 5.41) is 9.43. The van der Waals surface area contributed by atoms with E-state index in [1.165, 1.54) is 0 Å². The summed E-state index contributed by atoms with van der Waals surface area (Å²) in [6.07, 6.45) is 2.68. The lowest BCUT2D eigenvalue weighted by molar-refractivity contribution is 0.153. The molecule has 1 rings (SSSR count). The van der Waals surface area contributed by atoms with Gasteiger partial charge in [0.15, 0.2) is 0 Å². The summed E-state index contributed by atoms with van der Waals surface area (Å²) in [6, 6.07) is 3.33. The SMILES string of the molecule is C[C@H](N)[C@H](O)c1cccnc1. The molecule has 0 amide bonds. The molecule has 0 aliphatic rings. The average molecular weight is 152 g/mol. The number of hydrogen-bond donors (Lipinski definition) is 2. The monoisotopic (exact) mass is 152 g/mol. The number of nitrogens with two attached hydrogens (primary N) is 1. The number of aliphatic hydroxyl groups is 1. The van der Waals surface area contributed by atoms with Crippen molar-refractivity contribution in [1.29, 1.82) is 0 Å². The van der Waals surface area contributed by atoms with Crippen LogP contribution in [0.5, 0.6) is 0 Å². The van der Waals surface area contributed by atoms with E-state index in [0.717, 1.165) is 5.56 Å². The third kappa shape index (κ3) is 2.00. The highest BCUT2D eigenvalue weighted by Gasteiger charge is 2.10. The maximum atomic E-state index is 9.43. The summed E-state index contributed by atoms with van der Waals surface area (Å²) < 4.78 is 0. The first-order valence-corrected chi connectivity index (χ1v) is 3.55. The van der Waals surface area contributed by atoms with Crippen molar-refractivity contribution in [3.63, 3.8) is 0 Å². The van der Waals surface area contributed by atoms with Gasteiger partial charge in [-0.15, -0.1) is 0 Å². The Morgan fingerprint density at radius 2 is 2.36 bits per heavy atom. The molecule has 1 heterocycles. The fraction of sp³-hybridized carbons (Fsp3) is 0.375. The Morgan fingerprint density at radius 1 is 1.64 bits per heavy atom. The second-order valence-electron chi connectivity index (χ2n) is 2.59. The summed E-state index contributed by atoms with van der Waals surface area (Å²) in [5.74, 6) is 0. The minimum atomic E-state index is -0.608. The number of nitrogens with zero attached hydrogens (tertiary/aromatic N) is 1. The molecule has 0 aliphatic carbocycles. The molecule has 1 aromatic rings. The van der Waals surface area contributed by atoms with Crippen molar-refractivity contribution in [2.75, 3.05) is 0 Å². The molecular formula is C8H12N2O. The summed E-state index contributed by atoms with van der Waals surface area (Å²) in [5.41, 5.74) is 6.26. The van der Waals surface area contributed by atoms with E-state index in [-0.39, 0.29) is 6.04 Å². The van der Waals surface area contributed by atoms with Crippen molar-refractivity contribution in [3.8, 4) is 0 Å². The Balaban J connectivity index is 2.77. The van der Waals surface area contributed by atoms with E-state index >= 15 is 0 Å². The molecule has 0 spiro atoms. The van der Waals surface area contributed by atoms with Crippen molar-refractivity contribution in [3.05, 3.63) is 30.1 Å². The summed E-state index contributed by atoms with van der Waals surface area (Å²) in [6.45, 7) is 1.76. The highest BCUT2D eigenvalue weighted by atomic mass is 16.3. The van der Waals surface area contributed by atoms with E-state index in [1.54, 1.807) is 31.5 Å². The van der Waals surface area contributed by atoms with Crippen LogP contribution in [0, 0.1) is 0 Å². The first-order chi connectivity index (χ1) is 5.22. The van der Waals surface area contributed by atoms with Gasteiger partial charge in [-0.05, 0) is 13.0 Å². The molecule has 11 heavy (non-hydrogen) atoms. The van der Waals surface area contributed by atoms with E-state index in [9.17, 15) is 5.11 Å². The van der Waals surface area contributed by atoms with Gasteiger partial charge in [0.25, 0.3) is 0 Å². The van der Waals surface area contributed by atoms with Crippen LogP contribution in [0.4, 0.5) is 0 Å². The normalized spacial score (nSPS) is 15.9. The van der Waals surface area contributed by atoms with Crippen LogP contribution >= 0.6 is 0 Å². The molecule has 0 radical (unpaired) electrons. The predicted octanol–water partition coefficient (Wildman–Crippen LogP) is 0.462. The maximum absolute atomic E-state index is 9.43. The molecule has 0 saturated carbocycles. The minimum absolute atomic E-state index is 0.251. The first-order valence-electron chi connectivity index (χ1n) is 3.55. The first kappa shape index (κ1) is 8.17. The molecule has 0 unspecified atom stereocenters. The molecule has 0 bridgehead atoms. The largest absolute Gasteiger partial charge is 0.387 e. The van der Waals surface area contributed by atoms with Crippen LogP contribution in [-0.4, -0.2) is 16.1 Å². The van der Waals surface area contributed by atoms with Gasteiger partial charge in [0.1, 0.15) is 0 Å². The van der Waals surface area contributed by atoms with Gasteiger partial charge in [0.2, 0.25) is 0 Å². The van der Waals surface area contributed by atoms with E-state index in [1.807, 2.05) is 0 Å². The highest BCUT2D eigenvalue weighted by molar-refractivity contribution is 5.13. The van der Waals surface area contributed by atoms with Gasteiger partial charge in [0, 0.05) is 24.0 Å². The maximum Gasteiger partial charge on any atom is 0.0952 e.